The first-order valence-corrected chi connectivity index (χ1v) is 7.93. The molecule has 1 saturated carbocycles. The highest BCUT2D eigenvalue weighted by molar-refractivity contribution is 4.92. The lowest BCUT2D eigenvalue weighted by molar-refractivity contribution is 0.135. The molecular weight excluding hydrogens is 218 g/mol. The summed E-state index contributed by atoms with van der Waals surface area (Å²) in [6.07, 6.45) is 5.86. The molecule has 0 N–H and O–H groups in total. The van der Waals surface area contributed by atoms with Crippen molar-refractivity contribution in [3.05, 3.63) is 0 Å². The second-order valence-corrected chi connectivity index (χ2v) is 8.79. The Bertz CT molecular complexity index is 253. The van der Waals surface area contributed by atoms with E-state index >= 15 is 0 Å². The van der Waals surface area contributed by atoms with E-state index in [1.807, 2.05) is 0 Å². The van der Waals surface area contributed by atoms with Gasteiger partial charge in [0.2, 0.25) is 0 Å². The van der Waals surface area contributed by atoms with Gasteiger partial charge in [-0.05, 0) is 82.7 Å². The van der Waals surface area contributed by atoms with E-state index in [0.717, 1.165) is 17.8 Å². The average molecular weight is 251 g/mol. The molecule has 0 aromatic carbocycles. The normalized spacial score (nSPS) is 35.3. The summed E-state index contributed by atoms with van der Waals surface area (Å²) in [7, 11) is 0. The van der Waals surface area contributed by atoms with Crippen molar-refractivity contribution in [1.82, 2.24) is 4.90 Å². The lowest BCUT2D eigenvalue weighted by Crippen LogP contribution is -2.42. The van der Waals surface area contributed by atoms with Gasteiger partial charge in [-0.25, -0.2) is 0 Å². The number of hydrogen-bond acceptors (Lipinski definition) is 1. The van der Waals surface area contributed by atoms with E-state index in [-0.39, 0.29) is 0 Å². The van der Waals surface area contributed by atoms with Crippen molar-refractivity contribution < 1.29 is 0 Å². The van der Waals surface area contributed by atoms with Gasteiger partial charge < -0.3 is 0 Å². The van der Waals surface area contributed by atoms with E-state index in [0.29, 0.717) is 11.0 Å². The minimum absolute atomic E-state index is 0.363. The van der Waals surface area contributed by atoms with Gasteiger partial charge in [0.25, 0.3) is 0 Å². The molecule has 2 aliphatic rings. The molecule has 0 aromatic heterocycles. The summed E-state index contributed by atoms with van der Waals surface area (Å²) in [5.41, 5.74) is 0.887. The second-order valence-electron chi connectivity index (χ2n) is 8.79. The molecule has 2 fully saturated rings. The highest BCUT2D eigenvalue weighted by Gasteiger charge is 2.41. The van der Waals surface area contributed by atoms with Crippen LogP contribution in [0.25, 0.3) is 0 Å². The fraction of sp³-hybridized carbons (Fsp3) is 1.00. The summed E-state index contributed by atoms with van der Waals surface area (Å²) in [4.78, 5) is 2.71. The van der Waals surface area contributed by atoms with Crippen molar-refractivity contribution in [1.29, 1.82) is 0 Å². The van der Waals surface area contributed by atoms with Crippen molar-refractivity contribution >= 4 is 0 Å². The Morgan fingerprint density at radius 1 is 0.778 bits per heavy atom. The zero-order valence-corrected chi connectivity index (χ0v) is 13.4. The summed E-state index contributed by atoms with van der Waals surface area (Å²) in [5, 5.41) is 0. The van der Waals surface area contributed by atoms with Gasteiger partial charge in [0.05, 0.1) is 0 Å². The SMILES string of the molecule is CC(C)(C)C1C[C@H]2CCN(C(C)(C)C)CC[C@H]2C1. The first-order chi connectivity index (χ1) is 8.18. The lowest BCUT2D eigenvalue weighted by Gasteiger charge is -2.35. The van der Waals surface area contributed by atoms with Gasteiger partial charge >= 0.3 is 0 Å². The molecule has 1 saturated heterocycles. The largest absolute Gasteiger partial charge is 0.298 e. The van der Waals surface area contributed by atoms with Crippen LogP contribution in [0.4, 0.5) is 0 Å². The maximum atomic E-state index is 2.71. The van der Waals surface area contributed by atoms with Gasteiger partial charge in [0, 0.05) is 5.54 Å². The molecule has 0 spiro atoms. The number of hydrogen-bond donors (Lipinski definition) is 0. The molecule has 0 amide bonds. The van der Waals surface area contributed by atoms with Gasteiger partial charge in [-0.1, -0.05) is 20.8 Å². The minimum Gasteiger partial charge on any atom is -0.298 e. The summed E-state index contributed by atoms with van der Waals surface area (Å²) < 4.78 is 0. The first kappa shape index (κ1) is 14.4. The molecule has 1 aliphatic carbocycles. The summed E-state index contributed by atoms with van der Waals surface area (Å²) in [5.74, 6) is 3.00. The molecule has 1 nitrogen and oxygen atoms in total. The van der Waals surface area contributed by atoms with Crippen LogP contribution in [-0.4, -0.2) is 23.5 Å². The Balaban J connectivity index is 1.96. The predicted octanol–water partition coefficient (Wildman–Crippen LogP) is 4.57. The van der Waals surface area contributed by atoms with E-state index in [9.17, 15) is 0 Å². The van der Waals surface area contributed by atoms with E-state index in [1.54, 1.807) is 0 Å². The lowest BCUT2D eigenvalue weighted by atomic mass is 9.79. The fourth-order valence-corrected chi connectivity index (χ4v) is 4.05. The molecular formula is C17H33N. The standard InChI is InChI=1S/C17H33N/c1-16(2,3)15-11-13-7-9-18(17(4,5)6)10-8-14(13)12-15/h13-15H,7-12H2,1-6H3/t13-,14+,15?. The molecule has 1 unspecified atom stereocenters. The highest BCUT2D eigenvalue weighted by Crippen LogP contribution is 2.48. The monoisotopic (exact) mass is 251 g/mol. The number of rotatable bonds is 0. The van der Waals surface area contributed by atoms with Gasteiger partial charge in [-0.3, -0.25) is 4.90 Å². The maximum absolute atomic E-state index is 2.71. The molecule has 0 radical (unpaired) electrons. The Kier molecular flexibility index (Phi) is 3.84. The van der Waals surface area contributed by atoms with Gasteiger partial charge in [0.15, 0.2) is 0 Å². The van der Waals surface area contributed by atoms with E-state index in [4.69, 9.17) is 0 Å². The average Bonchev–Trinajstić information content (AvgIpc) is 2.50. The summed E-state index contributed by atoms with van der Waals surface area (Å²) >= 11 is 0. The van der Waals surface area contributed by atoms with Crippen LogP contribution in [0, 0.1) is 23.2 Å². The summed E-state index contributed by atoms with van der Waals surface area (Å²) in [6, 6.07) is 0. The molecule has 3 atom stereocenters. The van der Waals surface area contributed by atoms with Crippen molar-refractivity contribution in [3.8, 4) is 0 Å². The molecule has 0 aromatic rings. The van der Waals surface area contributed by atoms with Crippen molar-refractivity contribution in [3.63, 3.8) is 0 Å². The topological polar surface area (TPSA) is 3.24 Å². The van der Waals surface area contributed by atoms with Crippen LogP contribution < -0.4 is 0 Å². The molecule has 1 aliphatic heterocycles. The summed E-state index contributed by atoms with van der Waals surface area (Å²) in [6.45, 7) is 17.0. The zero-order chi connectivity index (χ0) is 13.6. The smallest absolute Gasteiger partial charge is 0.0125 e. The third-order valence-corrected chi connectivity index (χ3v) is 5.55. The number of nitrogens with zero attached hydrogens (tertiary/aromatic N) is 1. The minimum atomic E-state index is 0.363. The van der Waals surface area contributed by atoms with E-state index in [2.05, 4.69) is 46.4 Å². The van der Waals surface area contributed by atoms with Crippen molar-refractivity contribution in [2.75, 3.05) is 13.1 Å². The Morgan fingerprint density at radius 2 is 1.22 bits per heavy atom. The molecule has 0 bridgehead atoms. The molecule has 1 heteroatoms. The number of fused-ring (bicyclic) bond motifs is 1. The van der Waals surface area contributed by atoms with Crippen LogP contribution in [0.5, 0.6) is 0 Å². The quantitative estimate of drug-likeness (QED) is 0.609. The molecule has 2 rings (SSSR count). The first-order valence-electron chi connectivity index (χ1n) is 7.93. The Morgan fingerprint density at radius 3 is 1.56 bits per heavy atom. The Hall–Kier alpha value is -0.0400. The maximum Gasteiger partial charge on any atom is 0.0125 e. The highest BCUT2D eigenvalue weighted by atomic mass is 15.2. The molecule has 18 heavy (non-hydrogen) atoms. The Labute approximate surface area is 114 Å². The zero-order valence-electron chi connectivity index (χ0n) is 13.4. The number of likely N-dealkylation sites (tertiary alicyclic amines) is 1. The van der Waals surface area contributed by atoms with Crippen LogP contribution in [0.2, 0.25) is 0 Å². The third-order valence-electron chi connectivity index (χ3n) is 5.55. The fourth-order valence-electron chi connectivity index (χ4n) is 4.05. The van der Waals surface area contributed by atoms with Crippen LogP contribution in [0.1, 0.15) is 67.2 Å². The van der Waals surface area contributed by atoms with Gasteiger partial charge in [0.1, 0.15) is 0 Å². The van der Waals surface area contributed by atoms with Crippen LogP contribution in [0.15, 0.2) is 0 Å². The van der Waals surface area contributed by atoms with Crippen LogP contribution in [0.3, 0.4) is 0 Å². The van der Waals surface area contributed by atoms with Gasteiger partial charge in [-0.15, -0.1) is 0 Å². The molecule has 1 heterocycles. The predicted molar refractivity (Wildman–Crippen MR) is 79.7 cm³/mol. The molecule has 106 valence electrons. The van der Waals surface area contributed by atoms with E-state index in [1.165, 1.54) is 38.8 Å². The third kappa shape index (κ3) is 3.10. The van der Waals surface area contributed by atoms with Crippen LogP contribution in [-0.2, 0) is 0 Å². The second kappa shape index (κ2) is 4.81. The van der Waals surface area contributed by atoms with E-state index < -0.39 is 0 Å². The van der Waals surface area contributed by atoms with Crippen LogP contribution >= 0.6 is 0 Å². The van der Waals surface area contributed by atoms with Gasteiger partial charge in [-0.2, -0.15) is 0 Å². The van der Waals surface area contributed by atoms with Crippen molar-refractivity contribution in [2.45, 2.75) is 72.8 Å². The van der Waals surface area contributed by atoms with Crippen molar-refractivity contribution in [2.24, 2.45) is 23.2 Å².